The molecule has 248 valence electrons. The lowest BCUT2D eigenvalue weighted by atomic mass is 10.1. The molecular formula is C28H28N5O13P. The molecule has 0 bridgehead atoms. The molecule has 0 aliphatic heterocycles. The van der Waals surface area contributed by atoms with Gasteiger partial charge in [-0.05, 0) is 24.3 Å². The van der Waals surface area contributed by atoms with Crippen molar-refractivity contribution in [2.45, 2.75) is 5.85 Å². The maximum atomic E-state index is 14.1. The zero-order valence-electron chi connectivity index (χ0n) is 25.8. The number of non-ortho nitro benzene ring substituents is 1. The number of carbonyl (C=O) groups is 1. The van der Waals surface area contributed by atoms with E-state index in [1.807, 2.05) is 0 Å². The summed E-state index contributed by atoms with van der Waals surface area (Å²) in [5, 5.41) is 11.2. The maximum absolute atomic E-state index is 14.1. The van der Waals surface area contributed by atoms with Crippen LogP contribution >= 0.6 is 7.60 Å². The highest BCUT2D eigenvalue weighted by Gasteiger charge is 2.40. The minimum Gasteiger partial charge on any atom is -0.481 e. The largest absolute Gasteiger partial charge is 0.481 e. The Labute approximate surface area is 267 Å². The van der Waals surface area contributed by atoms with E-state index in [-0.39, 0.29) is 63.9 Å². The summed E-state index contributed by atoms with van der Waals surface area (Å²) < 4.78 is 62.2. The van der Waals surface area contributed by atoms with Gasteiger partial charge in [0.25, 0.3) is 5.69 Å². The summed E-state index contributed by atoms with van der Waals surface area (Å²) in [6, 6.07) is 11.2. The number of aromatic nitrogens is 4. The molecule has 0 aliphatic rings. The molecule has 4 rings (SSSR count). The quantitative estimate of drug-likeness (QED) is 0.0692. The fraction of sp³-hybridized carbons (Fsp3) is 0.250. The topological polar surface area (TPSA) is 212 Å². The number of hydrogen-bond acceptors (Lipinski definition) is 17. The highest BCUT2D eigenvalue weighted by atomic mass is 31.2. The number of nitro groups is 1. The van der Waals surface area contributed by atoms with Crippen molar-refractivity contribution in [3.63, 3.8) is 0 Å². The standard InChI is InChI=1S/C28H28N5O13P/c1-38-20-14-21(39-2)30-27(29-20)44-18-8-7-9-19(45-28-31-22(40-3)15-23(32-28)41-4)24(18)25(34)46-26(47(37,42-5)43-6)16-10-12-17(13-11-16)33(35)36/h7-15,26H,1-6H3. The average molecular weight is 674 g/mol. The number of ether oxygens (including phenoxy) is 7. The third-order valence-electron chi connectivity index (χ3n) is 6.15. The molecule has 0 saturated carbocycles. The molecule has 0 saturated heterocycles. The Balaban J connectivity index is 1.85. The van der Waals surface area contributed by atoms with Crippen LogP contribution < -0.4 is 28.4 Å². The van der Waals surface area contributed by atoms with Gasteiger partial charge in [0.2, 0.25) is 29.4 Å². The Hall–Kier alpha value is -5.58. The number of nitrogens with zero attached hydrogens (tertiary/aromatic N) is 5. The van der Waals surface area contributed by atoms with Crippen LogP contribution in [-0.4, -0.2) is 73.5 Å². The first kappa shape index (κ1) is 34.3. The van der Waals surface area contributed by atoms with Gasteiger partial charge in [-0.25, -0.2) is 4.79 Å². The Morgan fingerprint density at radius 2 is 1.15 bits per heavy atom. The number of methoxy groups -OCH3 is 4. The molecule has 0 aliphatic carbocycles. The molecule has 47 heavy (non-hydrogen) atoms. The molecular weight excluding hydrogens is 645 g/mol. The SMILES string of the molecule is COc1cc(OC)nc(Oc2cccc(Oc3nc(OC)cc(OC)n3)c2C(=O)OC(c2ccc([N+](=O)[O-])cc2)P(=O)(OC)OC)n1. The Kier molecular flexibility index (Phi) is 11.0. The van der Waals surface area contributed by atoms with Crippen molar-refractivity contribution in [1.82, 2.24) is 19.9 Å². The van der Waals surface area contributed by atoms with Gasteiger partial charge in [-0.3, -0.25) is 14.7 Å². The first-order valence-corrected chi connectivity index (χ1v) is 14.8. The van der Waals surface area contributed by atoms with Crippen LogP contribution in [0.15, 0.2) is 54.6 Å². The number of rotatable bonds is 15. The predicted octanol–water partition coefficient (Wildman–Crippen LogP) is 5.14. The van der Waals surface area contributed by atoms with Gasteiger partial charge in [-0.2, -0.15) is 19.9 Å². The van der Waals surface area contributed by atoms with Gasteiger partial charge < -0.3 is 42.2 Å². The normalized spacial score (nSPS) is 11.6. The number of esters is 1. The molecule has 4 aromatic rings. The maximum Gasteiger partial charge on any atom is 0.375 e. The zero-order chi connectivity index (χ0) is 34.1. The van der Waals surface area contributed by atoms with Crippen LogP contribution in [0.1, 0.15) is 21.8 Å². The summed E-state index contributed by atoms with van der Waals surface area (Å²) in [6.07, 6.45) is 0. The van der Waals surface area contributed by atoms with Crippen molar-refractivity contribution in [3.05, 3.63) is 75.8 Å². The van der Waals surface area contributed by atoms with Crippen LogP contribution in [0.5, 0.6) is 47.0 Å². The lowest BCUT2D eigenvalue weighted by Crippen LogP contribution is -2.16. The Bertz CT molecular complexity index is 1660. The monoisotopic (exact) mass is 673 g/mol. The lowest BCUT2D eigenvalue weighted by molar-refractivity contribution is -0.384. The van der Waals surface area contributed by atoms with E-state index >= 15 is 0 Å². The van der Waals surface area contributed by atoms with E-state index in [1.165, 1.54) is 70.9 Å². The van der Waals surface area contributed by atoms with Gasteiger partial charge in [0.05, 0.1) is 45.5 Å². The minimum absolute atomic E-state index is 0.0542. The van der Waals surface area contributed by atoms with Crippen LogP contribution in [0.4, 0.5) is 5.69 Å². The molecule has 0 N–H and O–H groups in total. The lowest BCUT2D eigenvalue weighted by Gasteiger charge is -2.25. The van der Waals surface area contributed by atoms with Crippen LogP contribution in [0, 0.1) is 10.1 Å². The molecule has 18 nitrogen and oxygen atoms in total. The van der Waals surface area contributed by atoms with Gasteiger partial charge in [0.1, 0.15) is 17.1 Å². The van der Waals surface area contributed by atoms with Crippen LogP contribution in [0.3, 0.4) is 0 Å². The zero-order valence-corrected chi connectivity index (χ0v) is 26.7. The van der Waals surface area contributed by atoms with E-state index in [0.29, 0.717) is 0 Å². The van der Waals surface area contributed by atoms with Crippen LogP contribution in [0.2, 0.25) is 0 Å². The fourth-order valence-corrected chi connectivity index (χ4v) is 5.15. The molecule has 1 atom stereocenters. The Morgan fingerprint density at radius 1 is 0.723 bits per heavy atom. The van der Waals surface area contributed by atoms with Gasteiger partial charge >= 0.3 is 25.6 Å². The van der Waals surface area contributed by atoms with Crippen LogP contribution in [-0.2, 0) is 18.3 Å². The van der Waals surface area contributed by atoms with E-state index in [9.17, 15) is 19.5 Å². The second kappa shape index (κ2) is 15.1. The molecule has 0 amide bonds. The molecule has 0 fully saturated rings. The van der Waals surface area contributed by atoms with E-state index in [4.69, 9.17) is 42.2 Å². The summed E-state index contributed by atoms with van der Waals surface area (Å²) in [6.45, 7) is 0. The molecule has 1 unspecified atom stereocenters. The van der Waals surface area contributed by atoms with E-state index in [1.54, 1.807) is 0 Å². The van der Waals surface area contributed by atoms with E-state index in [2.05, 4.69) is 19.9 Å². The highest BCUT2D eigenvalue weighted by molar-refractivity contribution is 7.54. The van der Waals surface area contributed by atoms with Crippen molar-refractivity contribution in [2.75, 3.05) is 42.7 Å². The molecule has 2 aromatic heterocycles. The number of carbonyl (C=O) groups excluding carboxylic acids is 1. The molecule has 2 aromatic carbocycles. The van der Waals surface area contributed by atoms with Crippen molar-refractivity contribution in [1.29, 1.82) is 0 Å². The third-order valence-corrected chi connectivity index (χ3v) is 8.15. The average Bonchev–Trinajstić information content (AvgIpc) is 3.09. The molecule has 19 heteroatoms. The van der Waals surface area contributed by atoms with Gasteiger partial charge in [0, 0.05) is 31.9 Å². The van der Waals surface area contributed by atoms with E-state index < -0.39 is 24.3 Å². The summed E-state index contributed by atoms with van der Waals surface area (Å²) in [5.74, 6) is -2.96. The smallest absolute Gasteiger partial charge is 0.375 e. The summed E-state index contributed by atoms with van der Waals surface area (Å²) in [5.41, 5.74) is -0.590. The second-order valence-corrected chi connectivity index (χ2v) is 11.1. The van der Waals surface area contributed by atoms with Gasteiger partial charge in [0.15, 0.2) is 0 Å². The van der Waals surface area contributed by atoms with Crippen LogP contribution in [0.25, 0.3) is 0 Å². The third kappa shape index (κ3) is 7.99. The molecule has 0 radical (unpaired) electrons. The molecule has 2 heterocycles. The fourth-order valence-electron chi connectivity index (χ4n) is 3.86. The minimum atomic E-state index is -4.24. The predicted molar refractivity (Wildman–Crippen MR) is 160 cm³/mol. The van der Waals surface area contributed by atoms with Gasteiger partial charge in [-0.1, -0.05) is 6.07 Å². The van der Waals surface area contributed by atoms with Crippen molar-refractivity contribution in [2.24, 2.45) is 0 Å². The Morgan fingerprint density at radius 3 is 1.51 bits per heavy atom. The number of benzene rings is 2. The number of hydrogen-bond donors (Lipinski definition) is 0. The summed E-state index contributed by atoms with van der Waals surface area (Å²) >= 11 is 0. The number of nitro benzene ring substituents is 1. The van der Waals surface area contributed by atoms with Crippen molar-refractivity contribution < 1.29 is 56.5 Å². The van der Waals surface area contributed by atoms with E-state index in [0.717, 1.165) is 26.4 Å². The van der Waals surface area contributed by atoms with Crippen molar-refractivity contribution >= 4 is 19.3 Å². The second-order valence-electron chi connectivity index (χ2n) is 8.82. The first-order valence-electron chi connectivity index (χ1n) is 13.2. The first-order chi connectivity index (χ1) is 22.6. The van der Waals surface area contributed by atoms with Crippen molar-refractivity contribution in [3.8, 4) is 47.0 Å². The highest BCUT2D eigenvalue weighted by Crippen LogP contribution is 2.61. The summed E-state index contributed by atoms with van der Waals surface area (Å²) in [7, 11) is 3.40. The molecule has 0 spiro atoms. The summed E-state index contributed by atoms with van der Waals surface area (Å²) in [4.78, 5) is 41.2. The van der Waals surface area contributed by atoms with Gasteiger partial charge in [-0.15, -0.1) is 0 Å².